The number of hydrogen-bond acceptors (Lipinski definition) is 4. The maximum Gasteiger partial charge on any atom is 0.0482 e. The highest BCUT2D eigenvalue weighted by atomic mass is 15.2. The maximum absolute atomic E-state index is 2.34. The van der Waals surface area contributed by atoms with Gasteiger partial charge in [-0.15, -0.1) is 0 Å². The van der Waals surface area contributed by atoms with Crippen LogP contribution < -0.4 is 19.6 Å². The minimum absolute atomic E-state index is 0.0724. The Morgan fingerprint density at radius 1 is 0.197 bits per heavy atom. The zero-order valence-corrected chi connectivity index (χ0v) is 38.9. The smallest absolute Gasteiger partial charge is 0.0482 e. The summed E-state index contributed by atoms with van der Waals surface area (Å²) in [6.45, 7) is 13.6. The molecule has 0 unspecified atom stereocenters. The summed E-state index contributed by atoms with van der Waals surface area (Å²) in [7, 11) is 0. The molecule has 9 rings (SSSR count). The van der Waals surface area contributed by atoms with Crippen molar-refractivity contribution in [2.24, 2.45) is 0 Å². The second kappa shape index (κ2) is 18.7. The Morgan fingerprint density at radius 2 is 0.379 bits per heavy atom. The molecule has 0 saturated heterocycles. The lowest BCUT2D eigenvalue weighted by atomic mass is 9.87. The number of para-hydroxylation sites is 4. The molecule has 0 fully saturated rings. The molecule has 326 valence electrons. The first-order valence-electron chi connectivity index (χ1n) is 22.9. The molecule has 0 radical (unpaired) electrons. The van der Waals surface area contributed by atoms with Gasteiger partial charge in [0.05, 0.1) is 0 Å². The van der Waals surface area contributed by atoms with Gasteiger partial charge < -0.3 is 19.6 Å². The summed E-state index contributed by atoms with van der Waals surface area (Å²) in [6, 6.07) is 87.2. The molecule has 0 aliphatic rings. The fourth-order valence-corrected chi connectivity index (χ4v) is 8.59. The molecule has 4 heteroatoms. The lowest BCUT2D eigenvalue weighted by Crippen LogP contribution is -2.14. The van der Waals surface area contributed by atoms with Crippen molar-refractivity contribution in [1.29, 1.82) is 0 Å². The summed E-state index contributed by atoms with van der Waals surface area (Å²) in [5.41, 5.74) is 15.8. The van der Waals surface area contributed by atoms with Crippen LogP contribution in [0.4, 0.5) is 68.2 Å². The largest absolute Gasteiger partial charge is 0.311 e. The molecule has 0 spiro atoms. The Hall–Kier alpha value is -7.82. The molecule has 4 nitrogen and oxygen atoms in total. The van der Waals surface area contributed by atoms with Crippen molar-refractivity contribution in [2.75, 3.05) is 19.6 Å². The van der Waals surface area contributed by atoms with E-state index in [4.69, 9.17) is 0 Å². The lowest BCUT2D eigenvalue weighted by Gasteiger charge is -2.31. The van der Waals surface area contributed by atoms with Crippen LogP contribution in [0.3, 0.4) is 0 Å². The van der Waals surface area contributed by atoms with Gasteiger partial charge in [0.2, 0.25) is 0 Å². The Kier molecular flexibility index (Phi) is 12.3. The van der Waals surface area contributed by atoms with Gasteiger partial charge in [-0.05, 0) is 161 Å². The summed E-state index contributed by atoms with van der Waals surface area (Å²) in [5, 5.41) is 0. The molecule has 0 saturated carbocycles. The predicted octanol–water partition coefficient (Wildman–Crippen LogP) is 18.2. The van der Waals surface area contributed by atoms with Gasteiger partial charge in [-0.1, -0.05) is 145 Å². The molecule has 0 amide bonds. The van der Waals surface area contributed by atoms with Crippen LogP contribution in [0.25, 0.3) is 0 Å². The normalized spacial score (nSPS) is 11.5. The Labute approximate surface area is 392 Å². The van der Waals surface area contributed by atoms with E-state index in [-0.39, 0.29) is 10.8 Å². The quantitative estimate of drug-likeness (QED) is 0.121. The van der Waals surface area contributed by atoms with Crippen molar-refractivity contribution < 1.29 is 0 Å². The minimum atomic E-state index is 0.0724. The average molecular weight is 859 g/mol. The van der Waals surface area contributed by atoms with Gasteiger partial charge in [0.1, 0.15) is 0 Å². The van der Waals surface area contributed by atoms with E-state index >= 15 is 0 Å². The minimum Gasteiger partial charge on any atom is -0.311 e. The standard InChI is InChI=1S/C62H58N4/c1-61(2,3)47-30-34-53(35-31-47)63(49-20-11-7-12-21-49)55-38-42-57(43-39-55)65(51-24-15-9-16-25-51)59-28-19-29-60(46-59)66(52-26-17-10-18-27-52)58-44-40-56(41-45-58)64(50-22-13-8-14-23-50)54-36-32-48(33-37-54)62(4,5)6/h7-46H,1-6H3. The molecule has 0 aliphatic carbocycles. The SMILES string of the molecule is CC(C)(C)c1ccc(N(c2ccccc2)c2ccc(N(c3ccccc3)c3cccc(N(c4ccccc4)c4ccc(N(c5ccccc5)c5ccc(C(C)(C)C)cc5)cc4)c3)cc2)cc1. The van der Waals surface area contributed by atoms with Crippen molar-refractivity contribution in [3.8, 4) is 0 Å². The van der Waals surface area contributed by atoms with E-state index in [9.17, 15) is 0 Å². The first-order chi connectivity index (χ1) is 32.0. The molecule has 0 bridgehead atoms. The molecule has 66 heavy (non-hydrogen) atoms. The van der Waals surface area contributed by atoms with E-state index in [1.54, 1.807) is 0 Å². The van der Waals surface area contributed by atoms with Crippen molar-refractivity contribution in [3.05, 3.63) is 254 Å². The summed E-state index contributed by atoms with van der Waals surface area (Å²) in [4.78, 5) is 9.34. The number of nitrogens with zero attached hydrogens (tertiary/aromatic N) is 4. The highest BCUT2D eigenvalue weighted by Gasteiger charge is 2.21. The Morgan fingerprint density at radius 3 is 0.606 bits per heavy atom. The fourth-order valence-electron chi connectivity index (χ4n) is 8.59. The van der Waals surface area contributed by atoms with Crippen molar-refractivity contribution in [3.63, 3.8) is 0 Å². The monoisotopic (exact) mass is 858 g/mol. The number of rotatable bonds is 12. The number of benzene rings is 9. The molecule has 0 heterocycles. The van der Waals surface area contributed by atoms with Crippen LogP contribution in [-0.4, -0.2) is 0 Å². The van der Waals surface area contributed by atoms with Gasteiger partial charge in [-0.25, -0.2) is 0 Å². The van der Waals surface area contributed by atoms with Crippen LogP contribution in [-0.2, 0) is 10.8 Å². The van der Waals surface area contributed by atoms with E-state index in [0.29, 0.717) is 0 Å². The molecular weight excluding hydrogens is 801 g/mol. The van der Waals surface area contributed by atoms with E-state index in [1.165, 1.54) is 11.1 Å². The topological polar surface area (TPSA) is 13.0 Å². The van der Waals surface area contributed by atoms with Crippen molar-refractivity contribution in [1.82, 2.24) is 0 Å². The maximum atomic E-state index is 2.34. The summed E-state index contributed by atoms with van der Waals surface area (Å²) >= 11 is 0. The van der Waals surface area contributed by atoms with Gasteiger partial charge in [-0.2, -0.15) is 0 Å². The highest BCUT2D eigenvalue weighted by molar-refractivity contribution is 5.86. The number of hydrogen-bond donors (Lipinski definition) is 0. The third-order valence-electron chi connectivity index (χ3n) is 12.1. The summed E-state index contributed by atoms with van der Waals surface area (Å²) in [5.74, 6) is 0. The molecule has 0 aromatic heterocycles. The molecule has 9 aromatic carbocycles. The van der Waals surface area contributed by atoms with Crippen molar-refractivity contribution in [2.45, 2.75) is 52.4 Å². The van der Waals surface area contributed by atoms with E-state index in [1.807, 2.05) is 0 Å². The first kappa shape index (κ1) is 43.4. The van der Waals surface area contributed by atoms with Crippen LogP contribution >= 0.6 is 0 Å². The van der Waals surface area contributed by atoms with Gasteiger partial charge in [0.15, 0.2) is 0 Å². The second-order valence-corrected chi connectivity index (χ2v) is 18.8. The molecule has 0 aliphatic heterocycles. The third kappa shape index (κ3) is 9.50. The highest BCUT2D eigenvalue weighted by Crippen LogP contribution is 2.44. The Balaban J connectivity index is 1.09. The van der Waals surface area contributed by atoms with Crippen LogP contribution in [0.15, 0.2) is 243 Å². The van der Waals surface area contributed by atoms with Gasteiger partial charge in [0, 0.05) is 68.2 Å². The van der Waals surface area contributed by atoms with Gasteiger partial charge >= 0.3 is 0 Å². The summed E-state index contributed by atoms with van der Waals surface area (Å²) < 4.78 is 0. The molecule has 9 aromatic rings. The Bertz CT molecular complexity index is 2730. The van der Waals surface area contributed by atoms with E-state index in [2.05, 4.69) is 304 Å². The van der Waals surface area contributed by atoms with Crippen LogP contribution in [0, 0.1) is 0 Å². The zero-order valence-electron chi connectivity index (χ0n) is 38.9. The fraction of sp³-hybridized carbons (Fsp3) is 0.129. The average Bonchev–Trinajstić information content (AvgIpc) is 3.34. The van der Waals surface area contributed by atoms with Crippen LogP contribution in [0.5, 0.6) is 0 Å². The van der Waals surface area contributed by atoms with Crippen LogP contribution in [0.2, 0.25) is 0 Å². The molecular formula is C62H58N4. The summed E-state index contributed by atoms with van der Waals surface area (Å²) in [6.07, 6.45) is 0. The van der Waals surface area contributed by atoms with Crippen molar-refractivity contribution >= 4 is 68.2 Å². The first-order valence-corrected chi connectivity index (χ1v) is 22.9. The third-order valence-corrected chi connectivity index (χ3v) is 12.1. The molecule has 0 atom stereocenters. The predicted molar refractivity (Wildman–Crippen MR) is 283 cm³/mol. The van der Waals surface area contributed by atoms with Gasteiger partial charge in [-0.3, -0.25) is 0 Å². The number of anilines is 12. The lowest BCUT2D eigenvalue weighted by molar-refractivity contribution is 0.590. The van der Waals surface area contributed by atoms with Crippen LogP contribution in [0.1, 0.15) is 52.7 Å². The van der Waals surface area contributed by atoms with E-state index in [0.717, 1.165) is 68.2 Å². The second-order valence-electron chi connectivity index (χ2n) is 18.8. The molecule has 0 N–H and O–H groups in total. The van der Waals surface area contributed by atoms with E-state index < -0.39 is 0 Å². The zero-order chi connectivity index (χ0) is 45.7. The van der Waals surface area contributed by atoms with Gasteiger partial charge in [0.25, 0.3) is 0 Å².